The second-order valence-electron chi connectivity index (χ2n) is 9.11. The molecule has 1 aliphatic heterocycles. The van der Waals surface area contributed by atoms with Gasteiger partial charge >= 0.3 is 5.97 Å². The van der Waals surface area contributed by atoms with E-state index in [1.807, 2.05) is 60.8 Å². The number of anilines is 1. The van der Waals surface area contributed by atoms with Crippen LogP contribution >= 0.6 is 0 Å². The molecule has 2 aromatic heterocycles. The highest BCUT2D eigenvalue weighted by Crippen LogP contribution is 2.44. The van der Waals surface area contributed by atoms with Crippen LogP contribution < -0.4 is 5.32 Å². The van der Waals surface area contributed by atoms with Gasteiger partial charge in [0, 0.05) is 36.7 Å². The largest absolute Gasteiger partial charge is 0.453 e. The smallest absolute Gasteiger partial charge is 0.338 e. The van der Waals surface area contributed by atoms with Gasteiger partial charge in [-0.2, -0.15) is 0 Å². The molecule has 0 saturated carbocycles. The third-order valence-corrected chi connectivity index (χ3v) is 6.84. The molecule has 1 aliphatic rings. The average Bonchev–Trinajstić information content (AvgIpc) is 3.23. The molecule has 1 N–H and O–H groups in total. The van der Waals surface area contributed by atoms with Gasteiger partial charge in [0.2, 0.25) is 0 Å². The van der Waals surface area contributed by atoms with Crippen LogP contribution in [0.5, 0.6) is 0 Å². The second kappa shape index (κ2) is 10.6. The Morgan fingerprint density at radius 2 is 1.82 bits per heavy atom. The standard InChI is InChI=1S/C28H28N4O6/c1-17-18(2)31-14-13-22-24(27(31)29-17)30-23(19-7-5-4-6-8-19)26(25(22)37-16-15-36-3)38-28(33)20-9-11-21(12-10-20)32(34)35/h4-14,23,25-26,30H,15-16H2,1-3H3/t23-,25-,26-/m1/s1. The molecule has 196 valence electrons. The van der Waals surface area contributed by atoms with Crippen molar-refractivity contribution >= 4 is 23.0 Å². The number of rotatable bonds is 8. The van der Waals surface area contributed by atoms with Crippen LogP contribution in [0.2, 0.25) is 0 Å². The number of methoxy groups -OCH3 is 1. The molecule has 0 fully saturated rings. The zero-order valence-corrected chi connectivity index (χ0v) is 21.3. The SMILES string of the molecule is COCCO[C@@H]1c2ccn3c(C)c(C)nc3c2N[C@H](c2ccccc2)[C@H]1OC(=O)c1ccc([N+](=O)[O-])cc1. The molecule has 0 amide bonds. The van der Waals surface area contributed by atoms with E-state index >= 15 is 0 Å². The highest BCUT2D eigenvalue weighted by Gasteiger charge is 2.42. The average molecular weight is 517 g/mol. The molecule has 3 atom stereocenters. The Labute approximate surface area is 219 Å². The molecule has 10 nitrogen and oxygen atoms in total. The molecule has 4 aromatic rings. The van der Waals surface area contributed by atoms with Crippen LogP contribution in [0.15, 0.2) is 66.9 Å². The number of fused-ring (bicyclic) bond motifs is 3. The minimum atomic E-state index is -0.760. The van der Waals surface area contributed by atoms with Gasteiger partial charge in [0.25, 0.3) is 5.69 Å². The van der Waals surface area contributed by atoms with Gasteiger partial charge in [-0.05, 0) is 37.6 Å². The van der Waals surface area contributed by atoms with E-state index in [-0.39, 0.29) is 17.9 Å². The van der Waals surface area contributed by atoms with Crippen LogP contribution in [0.1, 0.15) is 45.0 Å². The summed E-state index contributed by atoms with van der Waals surface area (Å²) in [7, 11) is 1.60. The third kappa shape index (κ3) is 4.71. The molecular formula is C28H28N4O6. The van der Waals surface area contributed by atoms with Crippen LogP contribution in [0, 0.1) is 24.0 Å². The van der Waals surface area contributed by atoms with Crippen molar-refractivity contribution in [1.29, 1.82) is 0 Å². The number of aromatic nitrogens is 2. The summed E-state index contributed by atoms with van der Waals surface area (Å²) in [5, 5.41) is 14.6. The number of nitrogens with zero attached hydrogens (tertiary/aromatic N) is 3. The molecule has 3 heterocycles. The van der Waals surface area contributed by atoms with Crippen molar-refractivity contribution < 1.29 is 23.9 Å². The lowest BCUT2D eigenvalue weighted by atomic mass is 9.88. The monoisotopic (exact) mass is 516 g/mol. The Hall–Kier alpha value is -4.28. The number of non-ortho nitro benzene ring substituents is 1. The van der Waals surface area contributed by atoms with Gasteiger partial charge in [0.05, 0.1) is 41.1 Å². The number of carbonyl (C=O) groups is 1. The van der Waals surface area contributed by atoms with E-state index in [9.17, 15) is 14.9 Å². The molecule has 2 aromatic carbocycles. The van der Waals surface area contributed by atoms with E-state index in [0.717, 1.165) is 33.8 Å². The maximum absolute atomic E-state index is 13.3. The molecule has 0 radical (unpaired) electrons. The zero-order chi connectivity index (χ0) is 26.8. The zero-order valence-electron chi connectivity index (χ0n) is 21.3. The van der Waals surface area contributed by atoms with Crippen molar-refractivity contribution in [2.24, 2.45) is 0 Å². The fourth-order valence-electron chi connectivity index (χ4n) is 4.74. The van der Waals surface area contributed by atoms with Crippen LogP contribution in [-0.4, -0.2) is 46.7 Å². The number of aryl methyl sites for hydroxylation is 2. The lowest BCUT2D eigenvalue weighted by molar-refractivity contribution is -0.384. The van der Waals surface area contributed by atoms with Crippen LogP contribution in [0.25, 0.3) is 5.65 Å². The number of nitrogens with one attached hydrogen (secondary N) is 1. The first-order valence-corrected chi connectivity index (χ1v) is 12.2. The maximum Gasteiger partial charge on any atom is 0.338 e. The normalized spacial score (nSPS) is 18.6. The summed E-state index contributed by atoms with van der Waals surface area (Å²) in [4.78, 5) is 28.6. The van der Waals surface area contributed by atoms with Crippen molar-refractivity contribution in [2.45, 2.75) is 32.1 Å². The van der Waals surface area contributed by atoms with Gasteiger partial charge in [-0.1, -0.05) is 30.3 Å². The van der Waals surface area contributed by atoms with Crippen LogP contribution in [-0.2, 0) is 14.2 Å². The molecule has 0 unspecified atom stereocenters. The van der Waals surface area contributed by atoms with Crippen molar-refractivity contribution in [1.82, 2.24) is 9.38 Å². The summed E-state index contributed by atoms with van der Waals surface area (Å²) in [6, 6.07) is 16.5. The number of pyridine rings is 1. The number of carbonyl (C=O) groups excluding carboxylic acids is 1. The summed E-state index contributed by atoms with van der Waals surface area (Å²) < 4.78 is 19.7. The van der Waals surface area contributed by atoms with Gasteiger partial charge in [-0.25, -0.2) is 9.78 Å². The van der Waals surface area contributed by atoms with Crippen molar-refractivity contribution in [3.05, 3.63) is 105 Å². The van der Waals surface area contributed by atoms with Gasteiger partial charge in [0.15, 0.2) is 11.8 Å². The molecule has 38 heavy (non-hydrogen) atoms. The number of nitro benzene ring substituents is 1. The first-order chi connectivity index (χ1) is 18.4. The predicted molar refractivity (Wildman–Crippen MR) is 140 cm³/mol. The molecule has 0 bridgehead atoms. The van der Waals surface area contributed by atoms with E-state index < -0.39 is 29.1 Å². The first-order valence-electron chi connectivity index (χ1n) is 12.2. The second-order valence-corrected chi connectivity index (χ2v) is 9.11. The Morgan fingerprint density at radius 1 is 1.08 bits per heavy atom. The third-order valence-electron chi connectivity index (χ3n) is 6.84. The number of hydrogen-bond donors (Lipinski definition) is 1. The van der Waals surface area contributed by atoms with Gasteiger partial charge in [-0.3, -0.25) is 10.1 Å². The van der Waals surface area contributed by atoms with Crippen LogP contribution in [0.4, 0.5) is 11.4 Å². The summed E-state index contributed by atoms with van der Waals surface area (Å²) in [6.07, 6.45) is 0.551. The van der Waals surface area contributed by atoms with Gasteiger partial charge in [0.1, 0.15) is 6.10 Å². The fraction of sp³-hybridized carbons (Fsp3) is 0.286. The number of nitro groups is 1. The van der Waals surface area contributed by atoms with Crippen LogP contribution in [0.3, 0.4) is 0 Å². The Balaban J connectivity index is 1.59. The van der Waals surface area contributed by atoms with Gasteiger partial charge < -0.3 is 23.9 Å². The lowest BCUT2D eigenvalue weighted by Crippen LogP contribution is -2.41. The minimum Gasteiger partial charge on any atom is -0.453 e. The summed E-state index contributed by atoms with van der Waals surface area (Å²) >= 11 is 0. The molecule has 0 saturated heterocycles. The van der Waals surface area contributed by atoms with E-state index in [4.69, 9.17) is 19.2 Å². The number of hydrogen-bond acceptors (Lipinski definition) is 8. The van der Waals surface area contributed by atoms with Crippen molar-refractivity contribution in [3.8, 4) is 0 Å². The Morgan fingerprint density at radius 3 is 2.50 bits per heavy atom. The highest BCUT2D eigenvalue weighted by atomic mass is 16.6. The molecule has 0 aliphatic carbocycles. The quantitative estimate of drug-likeness (QED) is 0.151. The topological polar surface area (TPSA) is 117 Å². The predicted octanol–water partition coefficient (Wildman–Crippen LogP) is 4.96. The lowest BCUT2D eigenvalue weighted by Gasteiger charge is -2.40. The van der Waals surface area contributed by atoms with Crippen molar-refractivity contribution in [2.75, 3.05) is 25.6 Å². The van der Waals surface area contributed by atoms with Crippen molar-refractivity contribution in [3.63, 3.8) is 0 Å². The highest BCUT2D eigenvalue weighted by molar-refractivity contribution is 5.90. The first kappa shape index (κ1) is 25.4. The molecular weight excluding hydrogens is 488 g/mol. The molecule has 10 heteroatoms. The number of imidazole rings is 1. The number of esters is 1. The number of ether oxygens (including phenoxy) is 3. The molecule has 5 rings (SSSR count). The van der Waals surface area contributed by atoms with E-state index in [1.54, 1.807) is 7.11 Å². The number of benzene rings is 2. The van der Waals surface area contributed by atoms with E-state index in [0.29, 0.717) is 6.61 Å². The van der Waals surface area contributed by atoms with E-state index in [1.165, 1.54) is 24.3 Å². The molecule has 0 spiro atoms. The summed E-state index contributed by atoms with van der Waals surface area (Å²) in [6.45, 7) is 4.63. The maximum atomic E-state index is 13.3. The Kier molecular flexibility index (Phi) is 7.08. The van der Waals surface area contributed by atoms with E-state index in [2.05, 4.69) is 5.32 Å². The summed E-state index contributed by atoms with van der Waals surface area (Å²) in [5.74, 6) is -0.606. The summed E-state index contributed by atoms with van der Waals surface area (Å²) in [5.41, 5.74) is 5.34. The Bertz CT molecular complexity index is 1470. The fourth-order valence-corrected chi connectivity index (χ4v) is 4.74. The minimum absolute atomic E-state index is 0.105. The van der Waals surface area contributed by atoms with Gasteiger partial charge in [-0.15, -0.1) is 0 Å².